The summed E-state index contributed by atoms with van der Waals surface area (Å²) < 4.78 is 73.2. The lowest BCUT2D eigenvalue weighted by molar-refractivity contribution is -0.0326. The number of hydrogen-bond donors (Lipinski definition) is 1. The molecular formula is C10H7ClF4O4S2. The van der Waals surface area contributed by atoms with Crippen molar-refractivity contribution in [2.75, 3.05) is 11.5 Å². The average Bonchev–Trinajstić information content (AvgIpc) is 2.29. The Morgan fingerprint density at radius 2 is 1.90 bits per heavy atom. The predicted octanol–water partition coefficient (Wildman–Crippen LogP) is 3.20. The van der Waals surface area contributed by atoms with Crippen molar-refractivity contribution in [3.05, 3.63) is 28.5 Å². The third-order valence-corrected chi connectivity index (χ3v) is 5.11. The molecule has 0 aliphatic heterocycles. The van der Waals surface area contributed by atoms with Crippen LogP contribution in [0.25, 0.3) is 0 Å². The summed E-state index contributed by atoms with van der Waals surface area (Å²) in [6.45, 7) is 0. The van der Waals surface area contributed by atoms with Gasteiger partial charge in [0.2, 0.25) is 0 Å². The molecule has 0 aliphatic carbocycles. The molecule has 1 N–H and O–H groups in total. The number of thioether (sulfide) groups is 1. The average molecular weight is 367 g/mol. The molecule has 0 bridgehead atoms. The molecule has 1 rings (SSSR count). The second-order valence-electron chi connectivity index (χ2n) is 3.68. The lowest BCUT2D eigenvalue weighted by atomic mass is 10.2. The molecule has 0 amide bonds. The zero-order chi connectivity index (χ0) is 16.4. The number of alkyl halides is 3. The highest BCUT2D eigenvalue weighted by molar-refractivity contribution is 8.01. The number of hydrogen-bond acceptors (Lipinski definition) is 4. The van der Waals surface area contributed by atoms with Crippen molar-refractivity contribution >= 4 is 39.2 Å². The van der Waals surface area contributed by atoms with Gasteiger partial charge >= 0.3 is 11.5 Å². The maximum Gasteiger partial charge on any atom is 0.441 e. The molecule has 1 aromatic carbocycles. The van der Waals surface area contributed by atoms with Gasteiger partial charge in [-0.3, -0.25) is 0 Å². The van der Waals surface area contributed by atoms with Crippen LogP contribution < -0.4 is 0 Å². The number of aromatic carboxylic acids is 1. The lowest BCUT2D eigenvalue weighted by Crippen LogP contribution is -2.15. The molecule has 118 valence electrons. The highest BCUT2D eigenvalue weighted by Gasteiger charge is 2.30. The normalized spacial score (nSPS) is 12.4. The van der Waals surface area contributed by atoms with E-state index in [1.54, 1.807) is 0 Å². The highest BCUT2D eigenvalue weighted by Crippen LogP contribution is 2.31. The Hall–Kier alpha value is -1.00. The summed E-state index contributed by atoms with van der Waals surface area (Å²) in [5.74, 6) is -5.15. The first-order valence-electron chi connectivity index (χ1n) is 5.10. The summed E-state index contributed by atoms with van der Waals surface area (Å²) in [4.78, 5) is 9.72. The Labute approximate surface area is 126 Å². The third-order valence-electron chi connectivity index (χ3n) is 2.19. The van der Waals surface area contributed by atoms with Crippen LogP contribution in [0, 0.1) is 5.82 Å². The fourth-order valence-electron chi connectivity index (χ4n) is 1.32. The topological polar surface area (TPSA) is 71.4 Å². The fourth-order valence-corrected chi connectivity index (χ4v) is 3.96. The number of benzene rings is 1. The number of halogens is 5. The molecule has 0 saturated heterocycles. The second kappa shape index (κ2) is 6.41. The van der Waals surface area contributed by atoms with Crippen molar-refractivity contribution in [1.29, 1.82) is 0 Å². The summed E-state index contributed by atoms with van der Waals surface area (Å²) in [6.07, 6.45) is 0. The van der Waals surface area contributed by atoms with Crippen molar-refractivity contribution in [2.45, 2.75) is 10.4 Å². The van der Waals surface area contributed by atoms with E-state index in [0.29, 0.717) is 12.1 Å². The van der Waals surface area contributed by atoms with Gasteiger partial charge in [0.25, 0.3) is 0 Å². The van der Waals surface area contributed by atoms with Crippen LogP contribution >= 0.6 is 23.4 Å². The SMILES string of the molecule is O=C(O)c1cc(Cl)cc(S(=O)(=O)CCSC(F)(F)F)c1F. The van der Waals surface area contributed by atoms with Gasteiger partial charge in [0.05, 0.1) is 11.3 Å². The molecule has 0 aromatic heterocycles. The van der Waals surface area contributed by atoms with E-state index in [2.05, 4.69) is 0 Å². The fraction of sp³-hybridized carbons (Fsp3) is 0.300. The number of sulfone groups is 1. The standard InChI is InChI=1S/C10H7ClF4O4S2/c11-5-3-6(9(16)17)8(12)7(4-5)21(18,19)2-1-20-10(13,14)15/h3-4H,1-2H2,(H,16,17). The molecular weight excluding hydrogens is 360 g/mol. The van der Waals surface area contributed by atoms with Crippen LogP contribution in [-0.2, 0) is 9.84 Å². The molecule has 11 heteroatoms. The van der Waals surface area contributed by atoms with Gasteiger partial charge in [-0.25, -0.2) is 17.6 Å². The van der Waals surface area contributed by atoms with Crippen molar-refractivity contribution in [2.24, 2.45) is 0 Å². The summed E-state index contributed by atoms with van der Waals surface area (Å²) in [7, 11) is -4.44. The van der Waals surface area contributed by atoms with Crippen LogP contribution in [0.5, 0.6) is 0 Å². The Balaban J connectivity index is 3.12. The minimum Gasteiger partial charge on any atom is -0.478 e. The van der Waals surface area contributed by atoms with Crippen LogP contribution in [0.4, 0.5) is 17.6 Å². The first-order chi connectivity index (χ1) is 9.44. The van der Waals surface area contributed by atoms with Crippen molar-refractivity contribution in [1.82, 2.24) is 0 Å². The van der Waals surface area contributed by atoms with Gasteiger partial charge in [0.15, 0.2) is 15.7 Å². The van der Waals surface area contributed by atoms with E-state index in [9.17, 15) is 30.8 Å². The lowest BCUT2D eigenvalue weighted by Gasteiger charge is -2.09. The van der Waals surface area contributed by atoms with Gasteiger partial charge < -0.3 is 5.11 Å². The summed E-state index contributed by atoms with van der Waals surface area (Å²) >= 11 is 4.92. The van der Waals surface area contributed by atoms with E-state index in [1.165, 1.54) is 0 Å². The van der Waals surface area contributed by atoms with Crippen LogP contribution in [0.3, 0.4) is 0 Å². The van der Waals surface area contributed by atoms with Gasteiger partial charge in [-0.05, 0) is 23.9 Å². The van der Waals surface area contributed by atoms with Crippen molar-refractivity contribution < 1.29 is 35.9 Å². The second-order valence-corrected chi connectivity index (χ2v) is 7.36. The molecule has 4 nitrogen and oxygen atoms in total. The van der Waals surface area contributed by atoms with E-state index in [0.717, 1.165) is 0 Å². The zero-order valence-electron chi connectivity index (χ0n) is 9.95. The van der Waals surface area contributed by atoms with Gasteiger partial charge in [-0.2, -0.15) is 13.2 Å². The first-order valence-corrected chi connectivity index (χ1v) is 8.11. The Morgan fingerprint density at radius 1 is 1.33 bits per heavy atom. The van der Waals surface area contributed by atoms with Crippen LogP contribution in [0.1, 0.15) is 10.4 Å². The Bertz CT molecular complexity index is 658. The third kappa shape index (κ3) is 5.04. The molecule has 0 heterocycles. The minimum absolute atomic E-state index is 0.351. The van der Waals surface area contributed by atoms with Gasteiger partial charge in [0.1, 0.15) is 4.90 Å². The largest absolute Gasteiger partial charge is 0.478 e. The molecule has 0 spiro atoms. The van der Waals surface area contributed by atoms with E-state index in [1.807, 2.05) is 0 Å². The predicted molar refractivity (Wildman–Crippen MR) is 68.9 cm³/mol. The molecule has 0 radical (unpaired) electrons. The van der Waals surface area contributed by atoms with Gasteiger partial charge in [0, 0.05) is 10.8 Å². The molecule has 0 unspecified atom stereocenters. The molecule has 0 fully saturated rings. The molecule has 21 heavy (non-hydrogen) atoms. The van der Waals surface area contributed by atoms with Crippen LogP contribution in [0.15, 0.2) is 17.0 Å². The van der Waals surface area contributed by atoms with E-state index >= 15 is 0 Å². The smallest absolute Gasteiger partial charge is 0.441 e. The van der Waals surface area contributed by atoms with Crippen LogP contribution in [-0.4, -0.2) is 36.5 Å². The van der Waals surface area contributed by atoms with Crippen LogP contribution in [0.2, 0.25) is 5.02 Å². The quantitative estimate of drug-likeness (QED) is 0.810. The first kappa shape index (κ1) is 18.1. The Kier molecular flexibility index (Phi) is 5.51. The number of carboxylic acids is 1. The van der Waals surface area contributed by atoms with Crippen molar-refractivity contribution in [3.8, 4) is 0 Å². The monoisotopic (exact) mass is 366 g/mol. The van der Waals surface area contributed by atoms with Gasteiger partial charge in [-0.1, -0.05) is 11.6 Å². The van der Waals surface area contributed by atoms with Gasteiger partial charge in [-0.15, -0.1) is 0 Å². The van der Waals surface area contributed by atoms with E-state index in [4.69, 9.17) is 16.7 Å². The molecule has 0 atom stereocenters. The number of carbonyl (C=O) groups is 1. The maximum absolute atomic E-state index is 13.8. The minimum atomic E-state index is -4.62. The summed E-state index contributed by atoms with van der Waals surface area (Å²) in [5.41, 5.74) is -5.58. The molecule has 0 aliphatic rings. The molecule has 0 saturated carbocycles. The summed E-state index contributed by atoms with van der Waals surface area (Å²) in [5, 5.41) is 8.37. The number of rotatable bonds is 5. The Morgan fingerprint density at radius 3 is 2.38 bits per heavy atom. The van der Waals surface area contributed by atoms with Crippen molar-refractivity contribution in [3.63, 3.8) is 0 Å². The molecule has 1 aromatic rings. The zero-order valence-corrected chi connectivity index (χ0v) is 12.3. The highest BCUT2D eigenvalue weighted by atomic mass is 35.5. The summed E-state index contributed by atoms with van der Waals surface area (Å²) in [6, 6.07) is 1.37. The number of carboxylic acid groups (broad SMARTS) is 1. The van der Waals surface area contributed by atoms with E-state index < -0.39 is 60.9 Å². The van der Waals surface area contributed by atoms with E-state index in [-0.39, 0.29) is 5.02 Å². The maximum atomic E-state index is 13.8.